The Morgan fingerprint density at radius 1 is 0.328 bits per heavy atom. The van der Waals surface area contributed by atoms with Gasteiger partial charge in [-0.3, -0.25) is 14.4 Å². The van der Waals surface area contributed by atoms with Crippen molar-refractivity contribution in [2.75, 3.05) is 13.2 Å². The molecular weight excluding hydrogens is 793 g/mol. The number of allylic oxidation sites excluding steroid dienone is 6. The number of esters is 3. The smallest absolute Gasteiger partial charge is 0.306 e. The van der Waals surface area contributed by atoms with Crippen LogP contribution in [-0.2, 0) is 28.6 Å². The lowest BCUT2D eigenvalue weighted by atomic mass is 10.0. The highest BCUT2D eigenvalue weighted by atomic mass is 16.6. The maximum absolute atomic E-state index is 12.8. The largest absolute Gasteiger partial charge is 0.462 e. The van der Waals surface area contributed by atoms with Crippen LogP contribution in [0.4, 0.5) is 0 Å². The first-order chi connectivity index (χ1) is 31.5. The van der Waals surface area contributed by atoms with Gasteiger partial charge >= 0.3 is 17.9 Å². The van der Waals surface area contributed by atoms with Crippen LogP contribution in [0, 0.1) is 0 Å². The first-order valence-electron chi connectivity index (χ1n) is 28.0. The van der Waals surface area contributed by atoms with Gasteiger partial charge in [-0.2, -0.15) is 0 Å². The van der Waals surface area contributed by atoms with Crippen LogP contribution in [0.5, 0.6) is 0 Å². The molecule has 0 aliphatic heterocycles. The Morgan fingerprint density at radius 2 is 0.609 bits per heavy atom. The zero-order valence-corrected chi connectivity index (χ0v) is 42.8. The van der Waals surface area contributed by atoms with E-state index in [0.29, 0.717) is 19.3 Å². The molecule has 0 bridgehead atoms. The van der Waals surface area contributed by atoms with Crippen molar-refractivity contribution in [1.29, 1.82) is 0 Å². The molecule has 0 N–H and O–H groups in total. The van der Waals surface area contributed by atoms with Gasteiger partial charge in [-0.1, -0.05) is 263 Å². The maximum atomic E-state index is 12.8. The van der Waals surface area contributed by atoms with E-state index in [-0.39, 0.29) is 31.1 Å². The SMILES string of the molecule is CC/C=C\C/C=C\C/C=C\CCCCCCCCCCCC(=O)OCC(COC(=O)CCCCCCCCCCCCCC)OC(=O)CCCCCCCCCCCCCCCCC. The van der Waals surface area contributed by atoms with Crippen molar-refractivity contribution in [3.05, 3.63) is 36.5 Å². The van der Waals surface area contributed by atoms with Crippen LogP contribution in [0.15, 0.2) is 36.5 Å². The van der Waals surface area contributed by atoms with E-state index in [4.69, 9.17) is 14.2 Å². The van der Waals surface area contributed by atoms with E-state index >= 15 is 0 Å². The fraction of sp³-hybridized carbons (Fsp3) is 0.845. The molecule has 64 heavy (non-hydrogen) atoms. The summed E-state index contributed by atoms with van der Waals surface area (Å²) in [7, 11) is 0. The molecule has 0 aliphatic carbocycles. The highest BCUT2D eigenvalue weighted by molar-refractivity contribution is 5.71. The average molecular weight is 899 g/mol. The van der Waals surface area contributed by atoms with Crippen molar-refractivity contribution < 1.29 is 28.6 Å². The van der Waals surface area contributed by atoms with Crippen LogP contribution < -0.4 is 0 Å². The Bertz CT molecular complexity index is 1080. The zero-order valence-electron chi connectivity index (χ0n) is 42.8. The summed E-state index contributed by atoms with van der Waals surface area (Å²) >= 11 is 0. The topological polar surface area (TPSA) is 78.9 Å². The molecule has 0 aromatic carbocycles. The van der Waals surface area contributed by atoms with E-state index < -0.39 is 6.10 Å². The molecule has 0 fully saturated rings. The number of rotatable bonds is 51. The minimum atomic E-state index is -0.769. The van der Waals surface area contributed by atoms with Crippen LogP contribution in [0.25, 0.3) is 0 Å². The monoisotopic (exact) mass is 899 g/mol. The summed E-state index contributed by atoms with van der Waals surface area (Å²) in [6, 6.07) is 0. The number of unbranched alkanes of at least 4 members (excludes halogenated alkanes) is 34. The second kappa shape index (κ2) is 53.2. The van der Waals surface area contributed by atoms with Crippen LogP contribution in [0.1, 0.15) is 297 Å². The van der Waals surface area contributed by atoms with Crippen LogP contribution in [-0.4, -0.2) is 37.2 Å². The molecule has 0 spiro atoms. The average Bonchev–Trinajstić information content (AvgIpc) is 3.29. The van der Waals surface area contributed by atoms with Gasteiger partial charge < -0.3 is 14.2 Å². The fourth-order valence-electron chi connectivity index (χ4n) is 8.22. The summed E-state index contributed by atoms with van der Waals surface area (Å²) in [5.74, 6) is -0.857. The number of carbonyl (C=O) groups is 3. The van der Waals surface area contributed by atoms with Gasteiger partial charge in [0.2, 0.25) is 0 Å². The van der Waals surface area contributed by atoms with Gasteiger partial charge in [0.25, 0.3) is 0 Å². The van der Waals surface area contributed by atoms with Gasteiger partial charge in [-0.15, -0.1) is 0 Å². The molecular formula is C58H106O6. The van der Waals surface area contributed by atoms with E-state index in [1.165, 1.54) is 180 Å². The van der Waals surface area contributed by atoms with Crippen LogP contribution >= 0.6 is 0 Å². The normalized spacial score (nSPS) is 12.2. The molecule has 0 saturated carbocycles. The molecule has 0 aromatic heterocycles. The molecule has 374 valence electrons. The molecule has 6 heteroatoms. The van der Waals surface area contributed by atoms with Gasteiger partial charge in [0.15, 0.2) is 6.10 Å². The lowest BCUT2D eigenvalue weighted by Gasteiger charge is -2.18. The van der Waals surface area contributed by atoms with Gasteiger partial charge in [-0.25, -0.2) is 0 Å². The third-order valence-corrected chi connectivity index (χ3v) is 12.4. The highest BCUT2D eigenvalue weighted by Crippen LogP contribution is 2.17. The van der Waals surface area contributed by atoms with E-state index in [9.17, 15) is 14.4 Å². The van der Waals surface area contributed by atoms with Gasteiger partial charge in [0.05, 0.1) is 0 Å². The number of hydrogen-bond donors (Lipinski definition) is 0. The van der Waals surface area contributed by atoms with Gasteiger partial charge in [-0.05, 0) is 51.4 Å². The highest BCUT2D eigenvalue weighted by Gasteiger charge is 2.19. The number of hydrogen-bond acceptors (Lipinski definition) is 6. The Kier molecular flexibility index (Phi) is 51.3. The zero-order chi connectivity index (χ0) is 46.5. The molecule has 6 nitrogen and oxygen atoms in total. The standard InChI is InChI=1S/C58H106O6/c1-4-7-10-13-16-19-22-25-27-28-29-30-32-33-36-39-42-45-48-51-57(60)63-54-55(53-62-56(59)50-47-44-41-38-35-24-21-18-15-12-9-6-3)64-58(61)52-49-46-43-40-37-34-31-26-23-20-17-14-11-8-5-2/h7,10,16,19,25,27,55H,4-6,8-9,11-15,17-18,20-24,26,28-54H2,1-3H3/b10-7-,19-16-,27-25-. The summed E-state index contributed by atoms with van der Waals surface area (Å²) in [5, 5.41) is 0. The van der Waals surface area contributed by atoms with Gasteiger partial charge in [0, 0.05) is 19.3 Å². The lowest BCUT2D eigenvalue weighted by Crippen LogP contribution is -2.30. The summed E-state index contributed by atoms with van der Waals surface area (Å²) in [6.07, 6.45) is 62.7. The minimum absolute atomic E-state index is 0.0688. The molecule has 0 radical (unpaired) electrons. The molecule has 0 heterocycles. The first-order valence-corrected chi connectivity index (χ1v) is 28.0. The Labute approximate surface area is 397 Å². The number of ether oxygens (including phenoxy) is 3. The van der Waals surface area contributed by atoms with Crippen molar-refractivity contribution in [2.24, 2.45) is 0 Å². The maximum Gasteiger partial charge on any atom is 0.306 e. The van der Waals surface area contributed by atoms with Crippen molar-refractivity contribution in [3.8, 4) is 0 Å². The predicted octanol–water partition coefficient (Wildman–Crippen LogP) is 18.5. The van der Waals surface area contributed by atoms with Crippen molar-refractivity contribution in [3.63, 3.8) is 0 Å². The minimum Gasteiger partial charge on any atom is -0.462 e. The summed E-state index contributed by atoms with van der Waals surface area (Å²) < 4.78 is 16.9. The Hall–Kier alpha value is -2.37. The summed E-state index contributed by atoms with van der Waals surface area (Å²) in [5.41, 5.74) is 0. The summed E-state index contributed by atoms with van der Waals surface area (Å²) in [6.45, 7) is 6.56. The molecule has 0 aliphatic rings. The molecule has 0 amide bonds. The Balaban J connectivity index is 4.31. The molecule has 0 saturated heterocycles. The van der Waals surface area contributed by atoms with E-state index in [2.05, 4.69) is 57.2 Å². The summed E-state index contributed by atoms with van der Waals surface area (Å²) in [4.78, 5) is 38.1. The van der Waals surface area contributed by atoms with E-state index in [0.717, 1.165) is 77.0 Å². The lowest BCUT2D eigenvalue weighted by molar-refractivity contribution is -0.167. The van der Waals surface area contributed by atoms with Crippen molar-refractivity contribution >= 4 is 17.9 Å². The van der Waals surface area contributed by atoms with E-state index in [1.54, 1.807) is 0 Å². The van der Waals surface area contributed by atoms with Crippen LogP contribution in [0.2, 0.25) is 0 Å². The van der Waals surface area contributed by atoms with Crippen molar-refractivity contribution in [1.82, 2.24) is 0 Å². The number of carbonyl (C=O) groups excluding carboxylic acids is 3. The third-order valence-electron chi connectivity index (χ3n) is 12.4. The molecule has 0 aromatic rings. The van der Waals surface area contributed by atoms with Gasteiger partial charge in [0.1, 0.15) is 13.2 Å². The van der Waals surface area contributed by atoms with Crippen LogP contribution in [0.3, 0.4) is 0 Å². The quantitative estimate of drug-likeness (QED) is 0.0262. The predicted molar refractivity (Wildman–Crippen MR) is 275 cm³/mol. The molecule has 1 unspecified atom stereocenters. The fourth-order valence-corrected chi connectivity index (χ4v) is 8.22. The first kappa shape index (κ1) is 61.6. The van der Waals surface area contributed by atoms with E-state index in [1.807, 2.05) is 0 Å². The molecule has 1 atom stereocenters. The molecule has 0 rings (SSSR count). The van der Waals surface area contributed by atoms with Crippen molar-refractivity contribution in [2.45, 2.75) is 303 Å². The third kappa shape index (κ3) is 50.6. The Morgan fingerprint density at radius 3 is 0.953 bits per heavy atom. The second-order valence-electron chi connectivity index (χ2n) is 18.8. The second-order valence-corrected chi connectivity index (χ2v) is 18.8.